The molecule has 0 atom stereocenters. The van der Waals surface area contributed by atoms with Crippen LogP contribution in [0.4, 0.5) is 8.78 Å². The van der Waals surface area contributed by atoms with Crippen LogP contribution >= 0.6 is 0 Å². The highest BCUT2D eigenvalue weighted by Gasteiger charge is 2.21. The molecule has 0 unspecified atom stereocenters. The van der Waals surface area contributed by atoms with Crippen LogP contribution in [0.25, 0.3) is 11.0 Å². The van der Waals surface area contributed by atoms with Crippen LogP contribution in [0.1, 0.15) is 32.1 Å². The van der Waals surface area contributed by atoms with Crippen molar-refractivity contribution in [1.82, 2.24) is 9.55 Å². The van der Waals surface area contributed by atoms with Gasteiger partial charge in [-0.2, -0.15) is 0 Å². The Morgan fingerprint density at radius 2 is 1.90 bits per heavy atom. The second kappa shape index (κ2) is 5.31. The van der Waals surface area contributed by atoms with Gasteiger partial charge in [0, 0.05) is 18.1 Å². The highest BCUT2D eigenvalue weighted by molar-refractivity contribution is 5.83. The molecular formula is C15H16F2N2O. The van der Waals surface area contributed by atoms with E-state index in [-0.39, 0.29) is 18.2 Å². The summed E-state index contributed by atoms with van der Waals surface area (Å²) in [5, 5.41) is 0. The Labute approximate surface area is 115 Å². The molecule has 1 aliphatic rings. The fourth-order valence-corrected chi connectivity index (χ4v) is 2.90. The van der Waals surface area contributed by atoms with E-state index in [9.17, 15) is 13.6 Å². The number of nitrogens with zero attached hydrogens (tertiary/aromatic N) is 2. The summed E-state index contributed by atoms with van der Waals surface area (Å²) < 4.78 is 28.0. The zero-order chi connectivity index (χ0) is 14.1. The SMILES string of the molecule is O=C(Cn1cnc2cc(F)c(F)cc21)C1CCCCC1. The third-order valence-corrected chi connectivity index (χ3v) is 4.05. The van der Waals surface area contributed by atoms with Crippen LogP contribution in [0, 0.1) is 17.6 Å². The zero-order valence-electron chi connectivity index (χ0n) is 11.1. The van der Waals surface area contributed by atoms with Crippen molar-refractivity contribution in [1.29, 1.82) is 0 Å². The van der Waals surface area contributed by atoms with Gasteiger partial charge in [-0.3, -0.25) is 4.79 Å². The summed E-state index contributed by atoms with van der Waals surface area (Å²) in [6.45, 7) is 0.187. The number of carbonyl (C=O) groups excluding carboxylic acids is 1. The number of imidazole rings is 1. The lowest BCUT2D eigenvalue weighted by Gasteiger charge is -2.20. The number of halogens is 2. The molecule has 1 fully saturated rings. The van der Waals surface area contributed by atoms with Gasteiger partial charge < -0.3 is 4.57 Å². The average Bonchev–Trinajstić information content (AvgIpc) is 2.83. The van der Waals surface area contributed by atoms with Crippen molar-refractivity contribution in [2.45, 2.75) is 38.6 Å². The first-order valence-corrected chi connectivity index (χ1v) is 6.98. The molecule has 1 saturated carbocycles. The molecule has 0 saturated heterocycles. The van der Waals surface area contributed by atoms with E-state index in [1.807, 2.05) is 0 Å². The molecule has 0 N–H and O–H groups in total. The van der Waals surface area contributed by atoms with E-state index in [2.05, 4.69) is 4.98 Å². The fraction of sp³-hybridized carbons (Fsp3) is 0.467. The highest BCUT2D eigenvalue weighted by atomic mass is 19.2. The largest absolute Gasteiger partial charge is 0.323 e. The van der Waals surface area contributed by atoms with E-state index < -0.39 is 11.6 Å². The molecule has 0 radical (unpaired) electrons. The maximum atomic E-state index is 13.3. The van der Waals surface area contributed by atoms with Crippen LogP contribution in [-0.2, 0) is 11.3 Å². The third-order valence-electron chi connectivity index (χ3n) is 4.05. The van der Waals surface area contributed by atoms with E-state index in [1.165, 1.54) is 12.7 Å². The van der Waals surface area contributed by atoms with Crippen molar-refractivity contribution in [3.63, 3.8) is 0 Å². The minimum atomic E-state index is -0.915. The summed E-state index contributed by atoms with van der Waals surface area (Å²) >= 11 is 0. The van der Waals surface area contributed by atoms with Gasteiger partial charge >= 0.3 is 0 Å². The Morgan fingerprint density at radius 3 is 2.65 bits per heavy atom. The predicted octanol–water partition coefficient (Wildman–Crippen LogP) is 3.46. The van der Waals surface area contributed by atoms with Gasteiger partial charge in [0.1, 0.15) is 0 Å². The Hall–Kier alpha value is -1.78. The molecule has 3 nitrogen and oxygen atoms in total. The number of benzene rings is 1. The summed E-state index contributed by atoms with van der Waals surface area (Å²) in [7, 11) is 0. The smallest absolute Gasteiger partial charge is 0.161 e. The molecular weight excluding hydrogens is 262 g/mol. The first-order chi connectivity index (χ1) is 9.65. The van der Waals surface area contributed by atoms with Crippen LogP contribution in [0.5, 0.6) is 0 Å². The van der Waals surface area contributed by atoms with Gasteiger partial charge in [-0.1, -0.05) is 19.3 Å². The maximum absolute atomic E-state index is 13.3. The normalized spacial score (nSPS) is 16.7. The van der Waals surface area contributed by atoms with Crippen LogP contribution in [0.2, 0.25) is 0 Å². The van der Waals surface area contributed by atoms with Gasteiger partial charge in [0.25, 0.3) is 0 Å². The highest BCUT2D eigenvalue weighted by Crippen LogP contribution is 2.25. The molecule has 0 spiro atoms. The Kier molecular flexibility index (Phi) is 3.51. The van der Waals surface area contributed by atoms with Gasteiger partial charge in [0.05, 0.1) is 23.9 Å². The van der Waals surface area contributed by atoms with Crippen LogP contribution < -0.4 is 0 Å². The number of hydrogen-bond donors (Lipinski definition) is 0. The molecule has 20 heavy (non-hydrogen) atoms. The molecule has 1 aromatic carbocycles. The first kappa shape index (κ1) is 13.2. The number of aromatic nitrogens is 2. The molecule has 1 aliphatic carbocycles. The molecule has 106 valence electrons. The number of rotatable bonds is 3. The Bertz CT molecular complexity index is 645. The molecule has 0 bridgehead atoms. The zero-order valence-corrected chi connectivity index (χ0v) is 11.1. The quantitative estimate of drug-likeness (QED) is 0.861. The topological polar surface area (TPSA) is 34.9 Å². The molecule has 0 amide bonds. The number of Topliss-reactive ketones (excluding diaryl/α,β-unsaturated/α-hetero) is 1. The van der Waals surface area contributed by atoms with Gasteiger partial charge in [-0.05, 0) is 12.8 Å². The Morgan fingerprint density at radius 1 is 1.20 bits per heavy atom. The number of hydrogen-bond acceptors (Lipinski definition) is 2. The van der Waals surface area contributed by atoms with Gasteiger partial charge in [0.15, 0.2) is 17.4 Å². The maximum Gasteiger partial charge on any atom is 0.161 e. The lowest BCUT2D eigenvalue weighted by Crippen LogP contribution is -2.22. The third kappa shape index (κ3) is 2.44. The summed E-state index contributed by atoms with van der Waals surface area (Å²) in [5.41, 5.74) is 0.841. The number of ketones is 1. The molecule has 1 aromatic heterocycles. The van der Waals surface area contributed by atoms with E-state index in [4.69, 9.17) is 0 Å². The fourth-order valence-electron chi connectivity index (χ4n) is 2.90. The lowest BCUT2D eigenvalue weighted by atomic mass is 9.86. The molecule has 3 rings (SSSR count). The predicted molar refractivity (Wildman–Crippen MR) is 71.2 cm³/mol. The second-order valence-corrected chi connectivity index (χ2v) is 5.43. The summed E-state index contributed by atoms with van der Waals surface area (Å²) in [6.07, 6.45) is 6.75. The average molecular weight is 278 g/mol. The number of fused-ring (bicyclic) bond motifs is 1. The molecule has 2 aromatic rings. The van der Waals surface area contributed by atoms with Crippen LogP contribution in [-0.4, -0.2) is 15.3 Å². The summed E-state index contributed by atoms with van der Waals surface area (Å²) in [6, 6.07) is 2.16. The van der Waals surface area contributed by atoms with Gasteiger partial charge in [-0.15, -0.1) is 0 Å². The summed E-state index contributed by atoms with van der Waals surface area (Å²) in [5.74, 6) is -1.56. The second-order valence-electron chi connectivity index (χ2n) is 5.43. The molecule has 5 heteroatoms. The molecule has 1 heterocycles. The van der Waals surface area contributed by atoms with Crippen molar-refractivity contribution in [2.24, 2.45) is 5.92 Å². The minimum Gasteiger partial charge on any atom is -0.323 e. The Balaban J connectivity index is 1.83. The van der Waals surface area contributed by atoms with Crippen molar-refractivity contribution in [3.8, 4) is 0 Å². The van der Waals surface area contributed by atoms with Crippen molar-refractivity contribution >= 4 is 16.8 Å². The van der Waals surface area contributed by atoms with Crippen LogP contribution in [0.3, 0.4) is 0 Å². The van der Waals surface area contributed by atoms with E-state index >= 15 is 0 Å². The van der Waals surface area contributed by atoms with Crippen LogP contribution in [0.15, 0.2) is 18.5 Å². The van der Waals surface area contributed by atoms with Gasteiger partial charge in [0.2, 0.25) is 0 Å². The monoisotopic (exact) mass is 278 g/mol. The van der Waals surface area contributed by atoms with E-state index in [0.29, 0.717) is 11.0 Å². The van der Waals surface area contributed by atoms with E-state index in [0.717, 1.165) is 37.8 Å². The lowest BCUT2D eigenvalue weighted by molar-refractivity contribution is -0.124. The summed E-state index contributed by atoms with van der Waals surface area (Å²) in [4.78, 5) is 16.3. The van der Waals surface area contributed by atoms with Crippen molar-refractivity contribution < 1.29 is 13.6 Å². The van der Waals surface area contributed by atoms with Crippen molar-refractivity contribution in [2.75, 3.05) is 0 Å². The molecule has 0 aliphatic heterocycles. The van der Waals surface area contributed by atoms with Crippen molar-refractivity contribution in [3.05, 3.63) is 30.1 Å². The number of carbonyl (C=O) groups is 1. The van der Waals surface area contributed by atoms with Gasteiger partial charge in [-0.25, -0.2) is 13.8 Å². The minimum absolute atomic E-state index is 0.103. The first-order valence-electron chi connectivity index (χ1n) is 6.98. The standard InChI is InChI=1S/C15H16F2N2O/c16-11-6-13-14(7-12(11)17)19(9-18-13)8-15(20)10-4-2-1-3-5-10/h6-7,9-10H,1-5,8H2. The van der Waals surface area contributed by atoms with E-state index in [1.54, 1.807) is 4.57 Å².